The lowest BCUT2D eigenvalue weighted by molar-refractivity contribution is -0.0598. The predicted octanol–water partition coefficient (Wildman–Crippen LogP) is 3.32. The number of ether oxygens (including phenoxy) is 2. The zero-order valence-corrected chi connectivity index (χ0v) is 10.4. The molecule has 0 amide bonds. The molecule has 1 fully saturated rings. The van der Waals surface area contributed by atoms with Gasteiger partial charge in [-0.2, -0.15) is 0 Å². The fourth-order valence-corrected chi connectivity index (χ4v) is 2.15. The monoisotopic (exact) mass is 270 g/mol. The van der Waals surface area contributed by atoms with Crippen LogP contribution in [0, 0.1) is 0 Å². The molecule has 1 aliphatic heterocycles. The second-order valence-electron chi connectivity index (χ2n) is 3.79. The summed E-state index contributed by atoms with van der Waals surface area (Å²) >= 11 is 3.43. The van der Waals surface area contributed by atoms with E-state index in [-0.39, 0.29) is 6.10 Å². The van der Waals surface area contributed by atoms with Gasteiger partial charge in [0.1, 0.15) is 0 Å². The van der Waals surface area contributed by atoms with Crippen molar-refractivity contribution in [1.29, 1.82) is 0 Å². The molecule has 2 nitrogen and oxygen atoms in total. The van der Waals surface area contributed by atoms with Crippen molar-refractivity contribution < 1.29 is 9.47 Å². The molecule has 1 aromatic rings. The summed E-state index contributed by atoms with van der Waals surface area (Å²) in [6.07, 6.45) is 2.49. The molecule has 3 heteroatoms. The molecule has 15 heavy (non-hydrogen) atoms. The van der Waals surface area contributed by atoms with Crippen LogP contribution in [0.2, 0.25) is 0 Å². The van der Waals surface area contributed by atoms with E-state index in [4.69, 9.17) is 9.47 Å². The summed E-state index contributed by atoms with van der Waals surface area (Å²) < 4.78 is 12.2. The van der Waals surface area contributed by atoms with Gasteiger partial charge in [0.05, 0.1) is 12.2 Å². The number of hydrogen-bond donors (Lipinski definition) is 0. The summed E-state index contributed by atoms with van der Waals surface area (Å²) in [6, 6.07) is 8.31. The molecule has 2 atom stereocenters. The van der Waals surface area contributed by atoms with E-state index in [0.717, 1.165) is 23.9 Å². The Hall–Kier alpha value is -0.380. The molecule has 0 aromatic heterocycles. The first-order valence-electron chi connectivity index (χ1n) is 5.19. The van der Waals surface area contributed by atoms with Crippen molar-refractivity contribution in [3.05, 3.63) is 34.3 Å². The Kier molecular flexibility index (Phi) is 3.78. The second-order valence-corrected chi connectivity index (χ2v) is 4.71. The van der Waals surface area contributed by atoms with Crippen molar-refractivity contribution in [2.24, 2.45) is 0 Å². The largest absolute Gasteiger partial charge is 0.381 e. The second kappa shape index (κ2) is 5.10. The lowest BCUT2D eigenvalue weighted by atomic mass is 9.99. The van der Waals surface area contributed by atoms with E-state index in [0.29, 0.717) is 6.10 Å². The fourth-order valence-electron chi connectivity index (χ4n) is 1.89. The molecule has 0 radical (unpaired) electrons. The molecule has 0 aliphatic carbocycles. The van der Waals surface area contributed by atoms with Crippen LogP contribution in [0.5, 0.6) is 0 Å². The summed E-state index contributed by atoms with van der Waals surface area (Å²) in [5.74, 6) is 0. The highest BCUT2D eigenvalue weighted by Crippen LogP contribution is 2.29. The Labute approximate surface area is 98.7 Å². The summed E-state index contributed by atoms with van der Waals surface area (Å²) in [7, 11) is 1.77. The minimum atomic E-state index is 0.191. The summed E-state index contributed by atoms with van der Waals surface area (Å²) in [6.45, 7) is 0.791. The van der Waals surface area contributed by atoms with E-state index >= 15 is 0 Å². The molecule has 1 aliphatic rings. The van der Waals surface area contributed by atoms with E-state index in [2.05, 4.69) is 40.2 Å². The van der Waals surface area contributed by atoms with Gasteiger partial charge in [0.2, 0.25) is 0 Å². The molecule has 0 saturated carbocycles. The van der Waals surface area contributed by atoms with Crippen molar-refractivity contribution in [1.82, 2.24) is 0 Å². The summed E-state index contributed by atoms with van der Waals surface area (Å²) in [5.41, 5.74) is 1.24. The van der Waals surface area contributed by atoms with Gasteiger partial charge in [0, 0.05) is 24.6 Å². The SMILES string of the molecule is COC1CCOC(c2ccc(Br)cc2)C1. The molecule has 0 N–H and O–H groups in total. The van der Waals surface area contributed by atoms with Crippen molar-refractivity contribution >= 4 is 15.9 Å². The van der Waals surface area contributed by atoms with Gasteiger partial charge < -0.3 is 9.47 Å². The van der Waals surface area contributed by atoms with Crippen LogP contribution in [0.25, 0.3) is 0 Å². The van der Waals surface area contributed by atoms with Crippen LogP contribution in [0.3, 0.4) is 0 Å². The molecule has 2 rings (SSSR count). The molecule has 1 aromatic carbocycles. The number of halogens is 1. The Balaban J connectivity index is 2.06. The zero-order chi connectivity index (χ0) is 10.7. The topological polar surface area (TPSA) is 18.5 Å². The van der Waals surface area contributed by atoms with E-state index < -0.39 is 0 Å². The maximum atomic E-state index is 5.74. The first-order chi connectivity index (χ1) is 7.29. The van der Waals surface area contributed by atoms with E-state index in [1.165, 1.54) is 5.56 Å². The van der Waals surface area contributed by atoms with Crippen molar-refractivity contribution in [3.8, 4) is 0 Å². The van der Waals surface area contributed by atoms with Crippen LogP contribution < -0.4 is 0 Å². The molecular weight excluding hydrogens is 256 g/mol. The summed E-state index contributed by atoms with van der Waals surface area (Å²) in [4.78, 5) is 0. The summed E-state index contributed by atoms with van der Waals surface area (Å²) in [5, 5.41) is 0. The van der Waals surface area contributed by atoms with Crippen LogP contribution >= 0.6 is 15.9 Å². The van der Waals surface area contributed by atoms with Crippen LogP contribution in [0.1, 0.15) is 24.5 Å². The van der Waals surface area contributed by atoms with Crippen LogP contribution in [-0.2, 0) is 9.47 Å². The fraction of sp³-hybridized carbons (Fsp3) is 0.500. The average molecular weight is 271 g/mol. The third-order valence-corrected chi connectivity index (χ3v) is 3.34. The molecular formula is C12H15BrO2. The molecule has 82 valence electrons. The lowest BCUT2D eigenvalue weighted by Crippen LogP contribution is -2.25. The third kappa shape index (κ3) is 2.80. The van der Waals surface area contributed by atoms with Crippen LogP contribution in [-0.4, -0.2) is 19.8 Å². The Morgan fingerprint density at radius 2 is 2.07 bits per heavy atom. The number of rotatable bonds is 2. The molecule has 1 heterocycles. The van der Waals surface area contributed by atoms with Gasteiger partial charge in [-0.15, -0.1) is 0 Å². The molecule has 0 spiro atoms. The maximum Gasteiger partial charge on any atom is 0.0849 e. The standard InChI is InChI=1S/C12H15BrO2/c1-14-11-6-7-15-12(8-11)9-2-4-10(13)5-3-9/h2-5,11-12H,6-8H2,1H3. The van der Waals surface area contributed by atoms with Gasteiger partial charge in [-0.1, -0.05) is 28.1 Å². The van der Waals surface area contributed by atoms with E-state index in [1.54, 1.807) is 7.11 Å². The first kappa shape index (κ1) is 11.1. The van der Waals surface area contributed by atoms with Crippen molar-refractivity contribution in [2.45, 2.75) is 25.0 Å². The third-order valence-electron chi connectivity index (χ3n) is 2.81. The van der Waals surface area contributed by atoms with E-state index in [9.17, 15) is 0 Å². The molecule has 0 bridgehead atoms. The minimum absolute atomic E-state index is 0.191. The number of hydrogen-bond acceptors (Lipinski definition) is 2. The predicted molar refractivity (Wildman–Crippen MR) is 62.9 cm³/mol. The zero-order valence-electron chi connectivity index (χ0n) is 8.78. The van der Waals surface area contributed by atoms with Gasteiger partial charge >= 0.3 is 0 Å². The number of methoxy groups -OCH3 is 1. The minimum Gasteiger partial charge on any atom is -0.381 e. The highest BCUT2D eigenvalue weighted by Gasteiger charge is 2.23. The highest BCUT2D eigenvalue weighted by molar-refractivity contribution is 9.10. The van der Waals surface area contributed by atoms with Gasteiger partial charge in [-0.25, -0.2) is 0 Å². The Morgan fingerprint density at radius 1 is 1.33 bits per heavy atom. The smallest absolute Gasteiger partial charge is 0.0849 e. The van der Waals surface area contributed by atoms with Crippen LogP contribution in [0.15, 0.2) is 28.7 Å². The van der Waals surface area contributed by atoms with E-state index in [1.807, 2.05) is 0 Å². The quantitative estimate of drug-likeness (QED) is 0.821. The van der Waals surface area contributed by atoms with Crippen LogP contribution in [0.4, 0.5) is 0 Å². The van der Waals surface area contributed by atoms with Gasteiger partial charge in [0.25, 0.3) is 0 Å². The van der Waals surface area contributed by atoms with Crippen molar-refractivity contribution in [3.63, 3.8) is 0 Å². The number of benzene rings is 1. The lowest BCUT2D eigenvalue weighted by Gasteiger charge is -2.28. The molecule has 2 unspecified atom stereocenters. The van der Waals surface area contributed by atoms with Gasteiger partial charge in [-0.05, 0) is 24.1 Å². The van der Waals surface area contributed by atoms with Crippen molar-refractivity contribution in [2.75, 3.05) is 13.7 Å². The Bertz CT molecular complexity index is 310. The highest BCUT2D eigenvalue weighted by atomic mass is 79.9. The average Bonchev–Trinajstić information content (AvgIpc) is 2.30. The maximum absolute atomic E-state index is 5.74. The Morgan fingerprint density at radius 3 is 2.73 bits per heavy atom. The normalized spacial score (nSPS) is 26.5. The van der Waals surface area contributed by atoms with Gasteiger partial charge in [-0.3, -0.25) is 0 Å². The molecule has 1 saturated heterocycles. The van der Waals surface area contributed by atoms with Gasteiger partial charge in [0.15, 0.2) is 0 Å². The first-order valence-corrected chi connectivity index (χ1v) is 5.99.